The Kier molecular flexibility index (Phi) is 6.27. The van der Waals surface area contributed by atoms with Gasteiger partial charge < -0.3 is 25.0 Å². The zero-order valence-electron chi connectivity index (χ0n) is 21.1. The van der Waals surface area contributed by atoms with Gasteiger partial charge in [-0.2, -0.15) is 4.98 Å². The molecule has 1 unspecified atom stereocenters. The Bertz CT molecular complexity index is 1300. The van der Waals surface area contributed by atoms with Crippen LogP contribution in [0.15, 0.2) is 29.4 Å². The second-order valence-corrected chi connectivity index (χ2v) is 11.2. The third kappa shape index (κ3) is 4.60. The molecule has 0 radical (unpaired) electrons. The number of benzene rings is 1. The van der Waals surface area contributed by atoms with Gasteiger partial charge in [-0.3, -0.25) is 9.79 Å². The zero-order valence-corrected chi connectivity index (χ0v) is 21.8. The summed E-state index contributed by atoms with van der Waals surface area (Å²) >= 11 is 6.42. The molecule has 1 aromatic carbocycles. The fourth-order valence-corrected chi connectivity index (χ4v) is 5.69. The third-order valence-electron chi connectivity index (χ3n) is 7.57. The number of aliphatic imine (C=N–C) groups is 1. The van der Waals surface area contributed by atoms with Crippen molar-refractivity contribution in [2.75, 3.05) is 41.9 Å². The van der Waals surface area contributed by atoms with Gasteiger partial charge in [0.2, 0.25) is 5.95 Å². The summed E-state index contributed by atoms with van der Waals surface area (Å²) in [4.78, 5) is 29.8. The fraction of sp³-hybridized carbons (Fsp3) is 0.538. The number of nitrogens with one attached hydrogen (secondary N) is 1. The third-order valence-corrected chi connectivity index (χ3v) is 7.85. The molecule has 4 heterocycles. The molecule has 1 saturated carbocycles. The molecule has 38 heavy (non-hydrogen) atoms. The average molecular weight is 547 g/mol. The van der Waals surface area contributed by atoms with Gasteiger partial charge in [0.15, 0.2) is 11.9 Å². The fourth-order valence-electron chi connectivity index (χ4n) is 5.55. The second kappa shape index (κ2) is 9.39. The van der Waals surface area contributed by atoms with Crippen molar-refractivity contribution in [3.05, 3.63) is 35.0 Å². The van der Waals surface area contributed by atoms with E-state index < -0.39 is 36.7 Å². The summed E-state index contributed by atoms with van der Waals surface area (Å²) in [5.41, 5.74) is 1.92. The summed E-state index contributed by atoms with van der Waals surface area (Å²) < 4.78 is 35.3. The van der Waals surface area contributed by atoms with Crippen molar-refractivity contribution >= 4 is 46.4 Å². The molecular formula is C26H29ClF2N6O3. The van der Waals surface area contributed by atoms with Gasteiger partial charge in [-0.25, -0.2) is 13.8 Å². The molecule has 12 heteroatoms. The molecule has 202 valence electrons. The molecule has 0 spiro atoms. The standard InChI is InChI=1S/C26H29ClF2N6O3/c1-13-7-16(36)11-35(10-13)25-30-9-18(27)23(33-25)31-15-5-6-19-17(8-15)20-21(24(37)34(19)2)38-12-26(28,29)22(32-20)14-3-4-14/h5-6,8-9,13-14,16,21-22,36H,3-4,7,10-12H2,1-2H3,(H,30,31,33)/t13-,16+,21?,22-/m0/s1. The van der Waals surface area contributed by atoms with Crippen LogP contribution in [0.3, 0.4) is 0 Å². The second-order valence-electron chi connectivity index (χ2n) is 10.8. The largest absolute Gasteiger partial charge is 0.391 e. The van der Waals surface area contributed by atoms with Gasteiger partial charge in [-0.05, 0) is 49.3 Å². The number of nitrogens with zero attached hydrogens (tertiary/aromatic N) is 5. The number of halogens is 3. The molecule has 9 nitrogen and oxygen atoms in total. The Morgan fingerprint density at radius 1 is 1.26 bits per heavy atom. The quantitative estimate of drug-likeness (QED) is 0.603. The monoisotopic (exact) mass is 546 g/mol. The number of likely N-dealkylation sites (N-methyl/N-ethyl adjacent to an activating group) is 1. The van der Waals surface area contributed by atoms with E-state index in [1.165, 1.54) is 11.1 Å². The first-order valence-corrected chi connectivity index (χ1v) is 13.2. The Morgan fingerprint density at radius 3 is 2.79 bits per heavy atom. The van der Waals surface area contributed by atoms with Gasteiger partial charge in [-0.15, -0.1) is 0 Å². The highest BCUT2D eigenvalue weighted by atomic mass is 35.5. The van der Waals surface area contributed by atoms with Crippen LogP contribution in [0.5, 0.6) is 0 Å². The molecule has 1 aromatic heterocycles. The van der Waals surface area contributed by atoms with Crippen LogP contribution in [0.4, 0.5) is 31.9 Å². The number of rotatable bonds is 4. The molecule has 4 atom stereocenters. The highest BCUT2D eigenvalue weighted by molar-refractivity contribution is 6.33. The minimum Gasteiger partial charge on any atom is -0.391 e. The van der Waals surface area contributed by atoms with Crippen LogP contribution in [-0.4, -0.2) is 77.6 Å². The number of amides is 1. The summed E-state index contributed by atoms with van der Waals surface area (Å²) in [5.74, 6) is -2.69. The number of β-amino-alcohol motifs (C(OH)–C–C–N with tert-alkyl or cyclic N) is 1. The lowest BCUT2D eigenvalue weighted by atomic mass is 9.95. The molecule has 6 rings (SSSR count). The molecular weight excluding hydrogens is 518 g/mol. The number of ether oxygens (including phenoxy) is 1. The lowest BCUT2D eigenvalue weighted by Gasteiger charge is -2.34. The maximum absolute atomic E-state index is 14.9. The van der Waals surface area contributed by atoms with E-state index in [1.807, 2.05) is 4.90 Å². The van der Waals surface area contributed by atoms with Gasteiger partial charge in [0.05, 0.1) is 23.7 Å². The number of carbonyl (C=O) groups excluding carboxylic acids is 1. The van der Waals surface area contributed by atoms with Gasteiger partial charge >= 0.3 is 0 Å². The SMILES string of the molecule is C[C@H]1C[C@@H](O)CN(c2ncc(Cl)c(Nc3ccc4c(c3)C3=N[C@@H](C5CC5)C(F)(F)COC3C(=O)N4C)n2)C1. The van der Waals surface area contributed by atoms with E-state index in [0.717, 1.165) is 6.42 Å². The Labute approximate surface area is 223 Å². The van der Waals surface area contributed by atoms with Crippen LogP contribution < -0.4 is 15.1 Å². The summed E-state index contributed by atoms with van der Waals surface area (Å²) in [6, 6.07) is 4.04. The first-order valence-electron chi connectivity index (χ1n) is 12.8. The lowest BCUT2D eigenvalue weighted by molar-refractivity contribution is -0.134. The molecule has 0 bridgehead atoms. The van der Waals surface area contributed by atoms with Crippen molar-refractivity contribution < 1.29 is 23.4 Å². The van der Waals surface area contributed by atoms with Crippen LogP contribution in [0.25, 0.3) is 0 Å². The van der Waals surface area contributed by atoms with E-state index in [-0.39, 0.29) is 17.5 Å². The van der Waals surface area contributed by atoms with Crippen LogP contribution >= 0.6 is 11.6 Å². The minimum atomic E-state index is -3.15. The predicted molar refractivity (Wildman–Crippen MR) is 140 cm³/mol. The number of alkyl halides is 2. The summed E-state index contributed by atoms with van der Waals surface area (Å²) in [6.45, 7) is 2.36. The highest BCUT2D eigenvalue weighted by Crippen LogP contribution is 2.44. The van der Waals surface area contributed by atoms with Crippen LogP contribution in [0.2, 0.25) is 5.02 Å². The highest BCUT2D eigenvalue weighted by Gasteiger charge is 2.53. The number of aliphatic hydroxyl groups excluding tert-OH is 1. The maximum atomic E-state index is 14.9. The van der Waals surface area contributed by atoms with Crippen LogP contribution in [0, 0.1) is 11.8 Å². The van der Waals surface area contributed by atoms with Crippen molar-refractivity contribution in [3.63, 3.8) is 0 Å². The van der Waals surface area contributed by atoms with Crippen molar-refractivity contribution in [2.45, 2.75) is 50.4 Å². The molecule has 1 amide bonds. The molecule has 1 aliphatic carbocycles. The predicted octanol–water partition coefficient (Wildman–Crippen LogP) is 3.66. The lowest BCUT2D eigenvalue weighted by Crippen LogP contribution is -2.48. The normalized spacial score (nSPS) is 28.8. The van der Waals surface area contributed by atoms with E-state index in [1.54, 1.807) is 25.2 Å². The van der Waals surface area contributed by atoms with Crippen molar-refractivity contribution in [2.24, 2.45) is 16.8 Å². The van der Waals surface area contributed by atoms with Gasteiger partial charge in [0, 0.05) is 31.4 Å². The van der Waals surface area contributed by atoms with Crippen molar-refractivity contribution in [1.82, 2.24) is 9.97 Å². The molecule has 3 aliphatic heterocycles. The molecule has 2 N–H and O–H groups in total. The molecule has 2 fully saturated rings. The first-order chi connectivity index (χ1) is 18.1. The summed E-state index contributed by atoms with van der Waals surface area (Å²) in [5, 5.41) is 13.7. The molecule has 4 aliphatic rings. The smallest absolute Gasteiger partial charge is 0.293 e. The number of carbonyl (C=O) groups is 1. The number of hydrogen-bond donors (Lipinski definition) is 2. The number of aromatic nitrogens is 2. The van der Waals surface area contributed by atoms with Crippen molar-refractivity contribution in [1.29, 1.82) is 0 Å². The number of anilines is 4. The number of aliphatic hydroxyl groups is 1. The van der Waals surface area contributed by atoms with E-state index in [4.69, 9.17) is 16.3 Å². The van der Waals surface area contributed by atoms with Crippen LogP contribution in [0.1, 0.15) is 31.7 Å². The Balaban J connectivity index is 1.35. The topological polar surface area (TPSA) is 103 Å². The maximum Gasteiger partial charge on any atom is 0.293 e. The van der Waals surface area contributed by atoms with Gasteiger partial charge in [0.1, 0.15) is 17.7 Å². The van der Waals surface area contributed by atoms with E-state index in [2.05, 4.69) is 27.2 Å². The molecule has 2 aromatic rings. The Hall–Kier alpha value is -2.89. The summed E-state index contributed by atoms with van der Waals surface area (Å²) in [6.07, 6.45) is 1.95. The first kappa shape index (κ1) is 25.4. The number of hydrogen-bond acceptors (Lipinski definition) is 8. The van der Waals surface area contributed by atoms with Gasteiger partial charge in [-0.1, -0.05) is 18.5 Å². The van der Waals surface area contributed by atoms with Crippen LogP contribution in [-0.2, 0) is 9.53 Å². The number of piperidine rings is 1. The van der Waals surface area contributed by atoms with Crippen molar-refractivity contribution in [3.8, 4) is 0 Å². The Morgan fingerprint density at radius 2 is 2.05 bits per heavy atom. The average Bonchev–Trinajstić information content (AvgIpc) is 3.71. The molecule has 1 saturated heterocycles. The zero-order chi connectivity index (χ0) is 26.8. The van der Waals surface area contributed by atoms with E-state index >= 15 is 0 Å². The number of fused-ring (bicyclic) bond motifs is 3. The van der Waals surface area contributed by atoms with Gasteiger partial charge in [0.25, 0.3) is 11.8 Å². The summed E-state index contributed by atoms with van der Waals surface area (Å²) in [7, 11) is 1.59. The van der Waals surface area contributed by atoms with E-state index in [0.29, 0.717) is 59.7 Å². The van der Waals surface area contributed by atoms with E-state index in [9.17, 15) is 18.7 Å². The minimum absolute atomic E-state index is 0.214.